The second-order valence-corrected chi connectivity index (χ2v) is 11.8. The zero-order valence-corrected chi connectivity index (χ0v) is 19.8. The van der Waals surface area contributed by atoms with E-state index in [2.05, 4.69) is 0 Å². The van der Waals surface area contributed by atoms with Crippen molar-refractivity contribution in [1.29, 1.82) is 0 Å². The first-order valence-electron chi connectivity index (χ1n) is 10.7. The van der Waals surface area contributed by atoms with Crippen LogP contribution in [0, 0.1) is 29.4 Å². The van der Waals surface area contributed by atoms with E-state index in [0.717, 1.165) is 6.26 Å². The van der Waals surface area contributed by atoms with Crippen molar-refractivity contribution >= 4 is 15.9 Å². The van der Waals surface area contributed by atoms with E-state index >= 15 is 0 Å². The molecule has 1 aliphatic carbocycles. The molecule has 1 amide bonds. The number of hydrogen-bond acceptors (Lipinski definition) is 5. The molecule has 2 aromatic carbocycles. The minimum Gasteiger partial charge on any atom is -0.487 e. The lowest BCUT2D eigenvalue weighted by Gasteiger charge is -2.25. The van der Waals surface area contributed by atoms with E-state index in [4.69, 9.17) is 9.47 Å². The lowest BCUT2D eigenvalue weighted by molar-refractivity contribution is 0.0260. The van der Waals surface area contributed by atoms with Crippen molar-refractivity contribution in [3.8, 4) is 16.9 Å². The van der Waals surface area contributed by atoms with Gasteiger partial charge in [0.25, 0.3) is 0 Å². The number of rotatable bonds is 5. The van der Waals surface area contributed by atoms with Gasteiger partial charge in [-0.2, -0.15) is 0 Å². The molecule has 178 valence electrons. The highest BCUT2D eigenvalue weighted by atomic mass is 32.2. The van der Waals surface area contributed by atoms with Gasteiger partial charge in [0.1, 0.15) is 5.60 Å². The first-order valence-corrected chi connectivity index (χ1v) is 12.6. The molecule has 33 heavy (non-hydrogen) atoms. The van der Waals surface area contributed by atoms with Crippen molar-refractivity contribution in [3.63, 3.8) is 0 Å². The molecule has 1 saturated carbocycles. The molecule has 1 saturated heterocycles. The second kappa shape index (κ2) is 8.27. The molecule has 2 aromatic rings. The lowest BCUT2D eigenvalue weighted by Crippen LogP contribution is -2.37. The maximum absolute atomic E-state index is 14.6. The van der Waals surface area contributed by atoms with E-state index in [1.165, 1.54) is 36.4 Å². The van der Waals surface area contributed by atoms with Gasteiger partial charge < -0.3 is 14.4 Å². The molecule has 6 nitrogen and oxygen atoms in total. The molecule has 1 heterocycles. The van der Waals surface area contributed by atoms with Crippen molar-refractivity contribution in [3.05, 3.63) is 48.0 Å². The molecule has 2 aliphatic rings. The summed E-state index contributed by atoms with van der Waals surface area (Å²) in [5.41, 5.74) is 0.225. The molecular formula is C24H27F2NO5S. The number of hydrogen-bond donors (Lipinski definition) is 0. The third-order valence-electron chi connectivity index (χ3n) is 6.06. The third-order valence-corrected chi connectivity index (χ3v) is 7.19. The van der Waals surface area contributed by atoms with E-state index in [-0.39, 0.29) is 40.9 Å². The Hall–Kier alpha value is -2.68. The number of piperidine rings is 1. The smallest absolute Gasteiger partial charge is 0.410 e. The van der Waals surface area contributed by atoms with Crippen LogP contribution in [0.15, 0.2) is 41.3 Å². The topological polar surface area (TPSA) is 72.9 Å². The van der Waals surface area contributed by atoms with Crippen LogP contribution in [0.1, 0.15) is 20.8 Å². The van der Waals surface area contributed by atoms with Crippen LogP contribution in [-0.2, 0) is 14.6 Å². The minimum absolute atomic E-state index is 0.132. The Morgan fingerprint density at radius 2 is 1.58 bits per heavy atom. The van der Waals surface area contributed by atoms with Crippen LogP contribution < -0.4 is 4.74 Å². The van der Waals surface area contributed by atoms with Gasteiger partial charge in [0, 0.05) is 25.3 Å². The maximum Gasteiger partial charge on any atom is 0.410 e. The number of fused-ring (bicyclic) bond motifs is 1. The Labute approximate surface area is 192 Å². The van der Waals surface area contributed by atoms with Crippen LogP contribution in [0.5, 0.6) is 5.75 Å². The summed E-state index contributed by atoms with van der Waals surface area (Å²) in [4.78, 5) is 14.0. The summed E-state index contributed by atoms with van der Waals surface area (Å²) in [5, 5.41) is 0. The predicted octanol–water partition coefficient (Wildman–Crippen LogP) is 4.53. The Morgan fingerprint density at radius 1 is 1.03 bits per heavy atom. The first kappa shape index (κ1) is 23.5. The fourth-order valence-corrected chi connectivity index (χ4v) is 4.94. The average molecular weight is 480 g/mol. The maximum atomic E-state index is 14.6. The van der Waals surface area contributed by atoms with Gasteiger partial charge in [-0.05, 0) is 68.0 Å². The van der Waals surface area contributed by atoms with Gasteiger partial charge in [0.15, 0.2) is 27.2 Å². The van der Waals surface area contributed by atoms with Crippen LogP contribution in [0.4, 0.5) is 13.6 Å². The molecule has 0 aromatic heterocycles. The summed E-state index contributed by atoms with van der Waals surface area (Å²) >= 11 is 0. The summed E-state index contributed by atoms with van der Waals surface area (Å²) in [5.74, 6) is -1.43. The summed E-state index contributed by atoms with van der Waals surface area (Å²) in [6.45, 7) is 6.74. The summed E-state index contributed by atoms with van der Waals surface area (Å²) in [6, 6.07) is 8.16. The number of sulfone groups is 1. The number of carbonyl (C=O) groups excluding carboxylic acids is 1. The van der Waals surface area contributed by atoms with E-state index in [9.17, 15) is 22.0 Å². The number of benzene rings is 2. The summed E-state index contributed by atoms with van der Waals surface area (Å²) in [6.07, 6.45) is 0.753. The molecule has 1 aliphatic heterocycles. The van der Waals surface area contributed by atoms with Gasteiger partial charge >= 0.3 is 6.09 Å². The standard InChI is InChI=1S/C24H27F2NO5S/c1-24(2,3)32-23(28)27-11-17-18(12-27)19(17)13-31-22-20(25)9-15(10-21(22)26)14-5-7-16(8-6-14)33(4,29)30/h5-10,17-19H,11-13H2,1-4H3/t17-,18?,19?/m0/s1. The number of amides is 1. The minimum atomic E-state index is -3.35. The number of likely N-dealkylation sites (tertiary alicyclic amines) is 1. The molecule has 0 bridgehead atoms. The Balaban J connectivity index is 1.36. The normalized spacial score (nSPS) is 22.1. The van der Waals surface area contributed by atoms with Gasteiger partial charge in [-0.1, -0.05) is 12.1 Å². The summed E-state index contributed by atoms with van der Waals surface area (Å²) in [7, 11) is -3.35. The zero-order chi connectivity index (χ0) is 24.1. The van der Waals surface area contributed by atoms with Gasteiger partial charge in [0.2, 0.25) is 0 Å². The molecule has 0 N–H and O–H groups in total. The third kappa shape index (κ3) is 5.13. The Bertz CT molecular complexity index is 1140. The quantitative estimate of drug-likeness (QED) is 0.630. The van der Waals surface area contributed by atoms with E-state index in [0.29, 0.717) is 18.7 Å². The highest BCUT2D eigenvalue weighted by Gasteiger charge is 2.57. The lowest BCUT2D eigenvalue weighted by atomic mass is 10.1. The summed E-state index contributed by atoms with van der Waals surface area (Å²) < 4.78 is 63.3. The van der Waals surface area contributed by atoms with E-state index in [1.54, 1.807) is 4.90 Å². The monoisotopic (exact) mass is 479 g/mol. The predicted molar refractivity (Wildman–Crippen MR) is 119 cm³/mol. The van der Waals surface area contributed by atoms with Crippen molar-refractivity contribution in [2.45, 2.75) is 31.3 Å². The van der Waals surface area contributed by atoms with Crippen LogP contribution in [0.25, 0.3) is 11.1 Å². The van der Waals surface area contributed by atoms with Gasteiger partial charge in [-0.15, -0.1) is 0 Å². The Kier molecular flexibility index (Phi) is 5.88. The highest BCUT2D eigenvalue weighted by Crippen LogP contribution is 2.52. The largest absolute Gasteiger partial charge is 0.487 e. The number of carbonyl (C=O) groups is 1. The van der Waals surface area contributed by atoms with Gasteiger partial charge in [-0.3, -0.25) is 0 Å². The molecule has 4 rings (SSSR count). The van der Waals surface area contributed by atoms with Crippen LogP contribution in [0.3, 0.4) is 0 Å². The van der Waals surface area contributed by atoms with Crippen molar-refractivity contribution in [1.82, 2.24) is 4.90 Å². The zero-order valence-electron chi connectivity index (χ0n) is 19.0. The van der Waals surface area contributed by atoms with Crippen LogP contribution >= 0.6 is 0 Å². The van der Waals surface area contributed by atoms with Gasteiger partial charge in [-0.25, -0.2) is 22.0 Å². The second-order valence-electron chi connectivity index (χ2n) is 9.75. The molecule has 9 heteroatoms. The molecule has 3 atom stereocenters. The van der Waals surface area contributed by atoms with Crippen LogP contribution in [0.2, 0.25) is 0 Å². The SMILES string of the molecule is CC(C)(C)OC(=O)N1CC2C(COc3c(F)cc(-c4ccc(S(C)(=O)=O)cc4)cc3F)[C@H]2C1. The van der Waals surface area contributed by atoms with E-state index < -0.39 is 32.8 Å². The molecule has 0 radical (unpaired) electrons. The molecule has 2 fully saturated rings. The van der Waals surface area contributed by atoms with Crippen molar-refractivity contribution in [2.24, 2.45) is 17.8 Å². The fraction of sp³-hybridized carbons (Fsp3) is 0.458. The molecule has 2 unspecified atom stereocenters. The number of nitrogens with zero attached hydrogens (tertiary/aromatic N) is 1. The van der Waals surface area contributed by atoms with Crippen molar-refractivity contribution in [2.75, 3.05) is 26.0 Å². The Morgan fingerprint density at radius 3 is 2.06 bits per heavy atom. The highest BCUT2D eigenvalue weighted by molar-refractivity contribution is 7.90. The average Bonchev–Trinajstić information content (AvgIpc) is 3.14. The van der Waals surface area contributed by atoms with Crippen LogP contribution in [-0.4, -0.2) is 51.0 Å². The number of halogens is 2. The fourth-order valence-electron chi connectivity index (χ4n) is 4.31. The van der Waals surface area contributed by atoms with Crippen molar-refractivity contribution < 1.29 is 31.5 Å². The van der Waals surface area contributed by atoms with Gasteiger partial charge in [0.05, 0.1) is 11.5 Å². The number of ether oxygens (including phenoxy) is 2. The molecule has 0 spiro atoms. The first-order chi connectivity index (χ1) is 15.3. The molecular weight excluding hydrogens is 452 g/mol. The van der Waals surface area contributed by atoms with E-state index in [1.807, 2.05) is 20.8 Å².